The van der Waals surface area contributed by atoms with Crippen molar-refractivity contribution in [3.05, 3.63) is 94.3 Å². The topological polar surface area (TPSA) is 123 Å². The lowest BCUT2D eigenvalue weighted by molar-refractivity contribution is -0.120. The average Bonchev–Trinajstić information content (AvgIpc) is 3.03. The van der Waals surface area contributed by atoms with Crippen molar-refractivity contribution in [1.29, 1.82) is 0 Å². The molecule has 0 saturated heterocycles. The standard InChI is InChI=1S/C35H39N5O4/c1-23-27-15-12-25(36)20-33(27)44-35(42)29(23)21-34(41)38-17-7-19-40(2)18-6-16-37-32-22-31(24-10-13-26(43-3)14-11-24)39-30-9-5-4-8-28(30)32/h4-5,8-15,20,22H,6-7,16-19,21,36H2,1-3H3,(H,37,39)(H,38,41). The van der Waals surface area contributed by atoms with E-state index in [0.717, 1.165) is 77.0 Å². The highest BCUT2D eigenvalue weighted by molar-refractivity contribution is 5.93. The average molecular weight is 594 g/mol. The molecule has 0 unspecified atom stereocenters. The number of fused-ring (bicyclic) bond motifs is 2. The van der Waals surface area contributed by atoms with Gasteiger partial charge in [0, 0.05) is 46.9 Å². The van der Waals surface area contributed by atoms with E-state index in [9.17, 15) is 9.59 Å². The highest BCUT2D eigenvalue weighted by Crippen LogP contribution is 2.29. The number of ether oxygens (including phenoxy) is 1. The molecule has 5 rings (SSSR count). The second-order valence-electron chi connectivity index (χ2n) is 11.0. The molecule has 0 fully saturated rings. The molecular weight excluding hydrogens is 554 g/mol. The lowest BCUT2D eigenvalue weighted by Crippen LogP contribution is -2.31. The second-order valence-corrected chi connectivity index (χ2v) is 11.0. The number of carbonyl (C=O) groups excluding carboxylic acids is 1. The van der Waals surface area contributed by atoms with Crippen LogP contribution in [0, 0.1) is 6.92 Å². The van der Waals surface area contributed by atoms with Crippen LogP contribution in [-0.2, 0) is 11.2 Å². The minimum Gasteiger partial charge on any atom is -0.497 e. The lowest BCUT2D eigenvalue weighted by Gasteiger charge is -2.18. The van der Waals surface area contributed by atoms with Crippen LogP contribution < -0.4 is 26.7 Å². The molecule has 0 aliphatic rings. The number of nitrogen functional groups attached to an aromatic ring is 1. The summed E-state index contributed by atoms with van der Waals surface area (Å²) in [4.78, 5) is 32.2. The number of nitrogens with one attached hydrogen (secondary N) is 2. The number of hydrogen-bond acceptors (Lipinski definition) is 8. The highest BCUT2D eigenvalue weighted by atomic mass is 16.5. The van der Waals surface area contributed by atoms with Crippen LogP contribution >= 0.6 is 0 Å². The van der Waals surface area contributed by atoms with Crippen molar-refractivity contribution in [3.8, 4) is 17.0 Å². The molecule has 2 heterocycles. The predicted octanol–water partition coefficient (Wildman–Crippen LogP) is 5.39. The first-order valence-electron chi connectivity index (χ1n) is 14.9. The summed E-state index contributed by atoms with van der Waals surface area (Å²) in [5, 5.41) is 8.43. The van der Waals surface area contributed by atoms with E-state index in [1.54, 1.807) is 19.2 Å². The van der Waals surface area contributed by atoms with Crippen molar-refractivity contribution in [2.45, 2.75) is 26.2 Å². The van der Waals surface area contributed by atoms with Crippen LogP contribution in [0.2, 0.25) is 0 Å². The van der Waals surface area contributed by atoms with Crippen molar-refractivity contribution >= 4 is 39.2 Å². The predicted molar refractivity (Wildman–Crippen MR) is 177 cm³/mol. The Kier molecular flexibility index (Phi) is 9.76. The zero-order valence-electron chi connectivity index (χ0n) is 25.5. The van der Waals surface area contributed by atoms with Crippen molar-refractivity contribution in [2.24, 2.45) is 0 Å². The highest BCUT2D eigenvalue weighted by Gasteiger charge is 2.15. The van der Waals surface area contributed by atoms with Gasteiger partial charge in [0.05, 0.1) is 30.3 Å². The third-order valence-corrected chi connectivity index (χ3v) is 7.82. The maximum Gasteiger partial charge on any atom is 0.340 e. The van der Waals surface area contributed by atoms with Gasteiger partial charge in [-0.1, -0.05) is 18.2 Å². The smallest absolute Gasteiger partial charge is 0.340 e. The summed E-state index contributed by atoms with van der Waals surface area (Å²) < 4.78 is 10.7. The molecule has 44 heavy (non-hydrogen) atoms. The molecule has 0 radical (unpaired) electrons. The summed E-state index contributed by atoms with van der Waals surface area (Å²) in [6.07, 6.45) is 1.75. The molecule has 9 heteroatoms. The summed E-state index contributed by atoms with van der Waals surface area (Å²) >= 11 is 0. The van der Waals surface area contributed by atoms with Crippen molar-refractivity contribution in [3.63, 3.8) is 0 Å². The first-order chi connectivity index (χ1) is 21.3. The summed E-state index contributed by atoms with van der Waals surface area (Å²) in [7, 11) is 3.75. The number of para-hydroxylation sites is 1. The number of aromatic nitrogens is 1. The van der Waals surface area contributed by atoms with Crippen LogP contribution in [0.4, 0.5) is 11.4 Å². The number of methoxy groups -OCH3 is 1. The van der Waals surface area contributed by atoms with E-state index in [0.29, 0.717) is 23.4 Å². The van der Waals surface area contributed by atoms with Gasteiger partial charge in [0.1, 0.15) is 11.3 Å². The largest absolute Gasteiger partial charge is 0.497 e. The SMILES string of the molecule is COc1ccc(-c2cc(NCCCN(C)CCCNC(=O)Cc3c(C)c4ccc(N)cc4oc3=O)c3ccccc3n2)cc1. The van der Waals surface area contributed by atoms with E-state index in [4.69, 9.17) is 19.9 Å². The van der Waals surface area contributed by atoms with Crippen LogP contribution in [-0.4, -0.2) is 56.1 Å². The molecule has 0 atom stereocenters. The summed E-state index contributed by atoms with van der Waals surface area (Å²) in [6, 6.07) is 23.4. The number of aryl methyl sites for hydroxylation is 1. The first-order valence-corrected chi connectivity index (χ1v) is 14.9. The van der Waals surface area contributed by atoms with Gasteiger partial charge in [-0.2, -0.15) is 0 Å². The normalized spacial score (nSPS) is 11.3. The Balaban J connectivity index is 1.07. The van der Waals surface area contributed by atoms with Crippen LogP contribution in [0.3, 0.4) is 0 Å². The van der Waals surface area contributed by atoms with Crippen molar-refractivity contribution < 1.29 is 13.9 Å². The third kappa shape index (κ3) is 7.36. The van der Waals surface area contributed by atoms with E-state index >= 15 is 0 Å². The number of hydrogen-bond donors (Lipinski definition) is 3. The molecule has 0 aliphatic carbocycles. The number of benzene rings is 3. The Morgan fingerprint density at radius 3 is 2.50 bits per heavy atom. The Morgan fingerprint density at radius 2 is 1.73 bits per heavy atom. The Hall–Kier alpha value is -4.89. The van der Waals surface area contributed by atoms with Crippen LogP contribution in [0.1, 0.15) is 24.0 Å². The fourth-order valence-corrected chi connectivity index (χ4v) is 5.33. The molecule has 228 valence electrons. The Labute approximate surface area is 257 Å². The maximum atomic E-state index is 12.6. The number of carbonyl (C=O) groups is 1. The van der Waals surface area contributed by atoms with Crippen molar-refractivity contribution in [2.75, 3.05) is 51.4 Å². The first kappa shape index (κ1) is 30.6. The van der Waals surface area contributed by atoms with Gasteiger partial charge in [-0.05, 0) is 94.0 Å². The monoisotopic (exact) mass is 593 g/mol. The number of amides is 1. The molecule has 4 N–H and O–H groups in total. The molecule has 3 aromatic carbocycles. The van der Waals surface area contributed by atoms with Crippen molar-refractivity contribution in [1.82, 2.24) is 15.2 Å². The minimum atomic E-state index is -0.499. The third-order valence-electron chi connectivity index (χ3n) is 7.82. The van der Waals surface area contributed by atoms with Gasteiger partial charge < -0.3 is 30.4 Å². The number of rotatable bonds is 13. The van der Waals surface area contributed by atoms with E-state index in [1.165, 1.54) is 0 Å². The van der Waals surface area contributed by atoms with Crippen LogP contribution in [0.15, 0.2) is 82.0 Å². The number of nitrogens with zero attached hydrogens (tertiary/aromatic N) is 2. The van der Waals surface area contributed by atoms with Gasteiger partial charge in [0.25, 0.3) is 0 Å². The number of pyridine rings is 1. The molecule has 0 aliphatic heterocycles. The van der Waals surface area contributed by atoms with E-state index in [2.05, 4.69) is 34.7 Å². The molecule has 0 bridgehead atoms. The molecule has 0 spiro atoms. The molecule has 0 saturated carbocycles. The molecule has 1 amide bonds. The zero-order valence-corrected chi connectivity index (χ0v) is 25.5. The van der Waals surface area contributed by atoms with Gasteiger partial charge in [-0.25, -0.2) is 9.78 Å². The van der Waals surface area contributed by atoms with Crippen LogP contribution in [0.5, 0.6) is 5.75 Å². The lowest BCUT2D eigenvalue weighted by atomic mass is 10.0. The van der Waals surface area contributed by atoms with Gasteiger partial charge in [0.2, 0.25) is 5.91 Å². The van der Waals surface area contributed by atoms with Gasteiger partial charge in [-0.3, -0.25) is 4.79 Å². The zero-order chi connectivity index (χ0) is 31.1. The summed E-state index contributed by atoms with van der Waals surface area (Å²) in [5.41, 5.74) is 11.3. The van der Waals surface area contributed by atoms with Crippen LogP contribution in [0.25, 0.3) is 33.1 Å². The fraction of sp³-hybridized carbons (Fsp3) is 0.286. The Bertz CT molecular complexity index is 1820. The van der Waals surface area contributed by atoms with E-state index < -0.39 is 5.63 Å². The Morgan fingerprint density at radius 1 is 0.977 bits per heavy atom. The van der Waals surface area contributed by atoms with Gasteiger partial charge in [-0.15, -0.1) is 0 Å². The summed E-state index contributed by atoms with van der Waals surface area (Å²) in [6.45, 7) is 4.94. The minimum absolute atomic E-state index is 0.0140. The molecule has 5 aromatic rings. The molecular formula is C35H39N5O4. The molecule has 2 aromatic heterocycles. The fourth-order valence-electron chi connectivity index (χ4n) is 5.33. The molecule has 9 nitrogen and oxygen atoms in total. The quantitative estimate of drug-likeness (QED) is 0.0944. The van der Waals surface area contributed by atoms with Gasteiger partial charge >= 0.3 is 5.63 Å². The number of anilines is 2. The number of nitrogens with two attached hydrogens (primary N) is 1. The maximum absolute atomic E-state index is 12.6. The second kappa shape index (κ2) is 14.1. The summed E-state index contributed by atoms with van der Waals surface area (Å²) in [5.74, 6) is 0.622. The van der Waals surface area contributed by atoms with Gasteiger partial charge in [0.15, 0.2) is 0 Å². The van der Waals surface area contributed by atoms with E-state index in [1.807, 2.05) is 55.5 Å². The van der Waals surface area contributed by atoms with E-state index in [-0.39, 0.29) is 12.3 Å².